The van der Waals surface area contributed by atoms with Crippen molar-refractivity contribution in [2.75, 3.05) is 14.2 Å². The highest BCUT2D eigenvalue weighted by atomic mass is 32.1. The van der Waals surface area contributed by atoms with Crippen molar-refractivity contribution in [3.8, 4) is 5.75 Å². The van der Waals surface area contributed by atoms with E-state index < -0.39 is 0 Å². The highest BCUT2D eigenvalue weighted by Crippen LogP contribution is 2.25. The van der Waals surface area contributed by atoms with E-state index in [-0.39, 0.29) is 6.04 Å². The first-order valence-electron chi connectivity index (χ1n) is 6.37. The van der Waals surface area contributed by atoms with E-state index in [9.17, 15) is 0 Å². The monoisotopic (exact) mass is 276 g/mol. The summed E-state index contributed by atoms with van der Waals surface area (Å²) in [6, 6.07) is 6.61. The van der Waals surface area contributed by atoms with Crippen LogP contribution in [-0.2, 0) is 6.42 Å². The number of ether oxygens (including phenoxy) is 1. The molecule has 1 atom stereocenters. The number of nitrogens with one attached hydrogen (secondary N) is 1. The fraction of sp³-hybridized carbons (Fsp3) is 0.400. The number of hydrogen-bond acceptors (Lipinski definition) is 4. The first kappa shape index (κ1) is 14.0. The SMILES string of the molecule is CNC(Cc1csc(C)n1)c1ccc(OC)c(C)c1. The van der Waals surface area contributed by atoms with Gasteiger partial charge in [0.1, 0.15) is 5.75 Å². The van der Waals surface area contributed by atoms with E-state index in [0.29, 0.717) is 0 Å². The van der Waals surface area contributed by atoms with Gasteiger partial charge in [0.25, 0.3) is 0 Å². The zero-order valence-corrected chi connectivity index (χ0v) is 12.7. The van der Waals surface area contributed by atoms with Crippen LogP contribution in [0, 0.1) is 13.8 Å². The van der Waals surface area contributed by atoms with E-state index in [2.05, 4.69) is 34.7 Å². The zero-order chi connectivity index (χ0) is 13.8. The minimum Gasteiger partial charge on any atom is -0.496 e. The van der Waals surface area contributed by atoms with E-state index in [1.54, 1.807) is 18.4 Å². The number of thiazole rings is 1. The number of methoxy groups -OCH3 is 1. The molecule has 0 aliphatic carbocycles. The molecule has 0 spiro atoms. The predicted molar refractivity (Wildman–Crippen MR) is 80.1 cm³/mol. The number of hydrogen-bond donors (Lipinski definition) is 1. The van der Waals surface area contributed by atoms with Gasteiger partial charge in [0.2, 0.25) is 0 Å². The lowest BCUT2D eigenvalue weighted by atomic mass is 10.00. The van der Waals surface area contributed by atoms with Crippen LogP contribution < -0.4 is 10.1 Å². The average Bonchev–Trinajstić information content (AvgIpc) is 2.81. The van der Waals surface area contributed by atoms with Crippen LogP contribution in [0.2, 0.25) is 0 Å². The molecule has 1 N–H and O–H groups in total. The average molecular weight is 276 g/mol. The topological polar surface area (TPSA) is 34.2 Å². The Morgan fingerprint density at radius 3 is 2.68 bits per heavy atom. The second kappa shape index (κ2) is 6.17. The van der Waals surface area contributed by atoms with Crippen molar-refractivity contribution in [1.82, 2.24) is 10.3 Å². The van der Waals surface area contributed by atoms with Gasteiger partial charge < -0.3 is 10.1 Å². The van der Waals surface area contributed by atoms with E-state index in [4.69, 9.17) is 4.74 Å². The van der Waals surface area contributed by atoms with Crippen LogP contribution in [0.3, 0.4) is 0 Å². The lowest BCUT2D eigenvalue weighted by Gasteiger charge is -2.17. The molecule has 1 heterocycles. The number of likely N-dealkylation sites (N-methyl/N-ethyl adjacent to an activating group) is 1. The zero-order valence-electron chi connectivity index (χ0n) is 11.9. The Bertz CT molecular complexity index is 551. The standard InChI is InChI=1S/C15H20N2OS/c1-10-7-12(5-6-15(10)18-4)14(16-3)8-13-9-19-11(2)17-13/h5-7,9,14,16H,8H2,1-4H3. The minimum absolute atomic E-state index is 0.283. The Morgan fingerprint density at radius 2 is 2.16 bits per heavy atom. The molecule has 2 rings (SSSR count). The fourth-order valence-corrected chi connectivity index (χ4v) is 2.84. The first-order chi connectivity index (χ1) is 9.13. The van der Waals surface area contributed by atoms with Crippen LogP contribution in [0.4, 0.5) is 0 Å². The van der Waals surface area contributed by atoms with Crippen molar-refractivity contribution in [1.29, 1.82) is 0 Å². The van der Waals surface area contributed by atoms with Crippen LogP contribution in [0.15, 0.2) is 23.6 Å². The molecule has 1 unspecified atom stereocenters. The molecule has 1 aromatic heterocycles. The minimum atomic E-state index is 0.283. The van der Waals surface area contributed by atoms with Crippen LogP contribution in [0.1, 0.15) is 27.9 Å². The molecule has 2 aromatic rings. The molecule has 0 amide bonds. The molecule has 0 aliphatic rings. The third kappa shape index (κ3) is 3.33. The summed E-state index contributed by atoms with van der Waals surface area (Å²) < 4.78 is 5.30. The van der Waals surface area contributed by atoms with E-state index in [0.717, 1.165) is 28.4 Å². The molecule has 0 radical (unpaired) electrons. The predicted octanol–water partition coefficient (Wildman–Crippen LogP) is 3.27. The number of aryl methyl sites for hydroxylation is 2. The van der Waals surface area contributed by atoms with Crippen molar-refractivity contribution >= 4 is 11.3 Å². The summed E-state index contributed by atoms with van der Waals surface area (Å²) >= 11 is 1.70. The molecule has 0 fully saturated rings. The van der Waals surface area contributed by atoms with Gasteiger partial charge in [-0.25, -0.2) is 4.98 Å². The Balaban J connectivity index is 2.19. The molecule has 0 bridgehead atoms. The highest BCUT2D eigenvalue weighted by molar-refractivity contribution is 7.09. The fourth-order valence-electron chi connectivity index (χ4n) is 2.22. The quantitative estimate of drug-likeness (QED) is 0.910. The molecule has 0 aliphatic heterocycles. The smallest absolute Gasteiger partial charge is 0.121 e. The Kier molecular flexibility index (Phi) is 4.56. The molecule has 4 heteroatoms. The first-order valence-corrected chi connectivity index (χ1v) is 7.24. The summed E-state index contributed by atoms with van der Waals surface area (Å²) in [4.78, 5) is 4.53. The summed E-state index contributed by atoms with van der Waals surface area (Å²) in [7, 11) is 3.69. The van der Waals surface area contributed by atoms with Gasteiger partial charge in [-0.15, -0.1) is 11.3 Å². The summed E-state index contributed by atoms with van der Waals surface area (Å²) in [6.45, 7) is 4.11. The van der Waals surface area contributed by atoms with Crippen molar-refractivity contribution < 1.29 is 4.74 Å². The summed E-state index contributed by atoms with van der Waals surface area (Å²) in [5.41, 5.74) is 3.58. The Hall–Kier alpha value is -1.39. The normalized spacial score (nSPS) is 12.4. The van der Waals surface area contributed by atoms with Crippen molar-refractivity contribution in [2.24, 2.45) is 0 Å². The number of nitrogens with zero attached hydrogens (tertiary/aromatic N) is 1. The summed E-state index contributed by atoms with van der Waals surface area (Å²) in [5, 5.41) is 6.62. The van der Waals surface area contributed by atoms with Gasteiger partial charge in [-0.1, -0.05) is 12.1 Å². The number of rotatable bonds is 5. The molecular weight excluding hydrogens is 256 g/mol. The van der Waals surface area contributed by atoms with E-state index >= 15 is 0 Å². The summed E-state index contributed by atoms with van der Waals surface area (Å²) in [6.07, 6.45) is 0.909. The van der Waals surface area contributed by atoms with E-state index in [1.165, 1.54) is 5.56 Å². The summed E-state index contributed by atoms with van der Waals surface area (Å²) in [5.74, 6) is 0.933. The van der Waals surface area contributed by atoms with Gasteiger partial charge in [-0.3, -0.25) is 0 Å². The van der Waals surface area contributed by atoms with Crippen LogP contribution in [0.5, 0.6) is 5.75 Å². The molecule has 19 heavy (non-hydrogen) atoms. The van der Waals surface area contributed by atoms with Crippen molar-refractivity contribution in [2.45, 2.75) is 26.3 Å². The van der Waals surface area contributed by atoms with Gasteiger partial charge in [-0.2, -0.15) is 0 Å². The Morgan fingerprint density at radius 1 is 1.37 bits per heavy atom. The largest absolute Gasteiger partial charge is 0.496 e. The second-order valence-corrected chi connectivity index (χ2v) is 5.69. The molecule has 3 nitrogen and oxygen atoms in total. The van der Waals surface area contributed by atoms with Crippen molar-refractivity contribution in [3.05, 3.63) is 45.4 Å². The van der Waals surface area contributed by atoms with Crippen LogP contribution in [0.25, 0.3) is 0 Å². The van der Waals surface area contributed by atoms with Crippen LogP contribution in [-0.4, -0.2) is 19.1 Å². The third-order valence-electron chi connectivity index (χ3n) is 3.25. The lowest BCUT2D eigenvalue weighted by molar-refractivity contribution is 0.411. The van der Waals surface area contributed by atoms with Gasteiger partial charge in [-0.05, 0) is 38.1 Å². The van der Waals surface area contributed by atoms with Gasteiger partial charge >= 0.3 is 0 Å². The molecule has 0 saturated heterocycles. The second-order valence-electron chi connectivity index (χ2n) is 4.63. The molecule has 1 aromatic carbocycles. The number of aromatic nitrogens is 1. The maximum atomic E-state index is 5.30. The number of benzene rings is 1. The molecular formula is C15H20N2OS. The Labute approximate surface area is 118 Å². The van der Waals surface area contributed by atoms with E-state index in [1.807, 2.05) is 20.0 Å². The maximum Gasteiger partial charge on any atom is 0.121 e. The molecule has 102 valence electrons. The van der Waals surface area contributed by atoms with Gasteiger partial charge in [0.05, 0.1) is 17.8 Å². The van der Waals surface area contributed by atoms with Crippen molar-refractivity contribution in [3.63, 3.8) is 0 Å². The van der Waals surface area contributed by atoms with Crippen LogP contribution >= 0.6 is 11.3 Å². The third-order valence-corrected chi connectivity index (χ3v) is 4.07. The lowest BCUT2D eigenvalue weighted by Crippen LogP contribution is -2.19. The maximum absolute atomic E-state index is 5.30. The highest BCUT2D eigenvalue weighted by Gasteiger charge is 2.13. The van der Waals surface area contributed by atoms with Gasteiger partial charge in [0.15, 0.2) is 0 Å². The molecule has 0 saturated carbocycles. The van der Waals surface area contributed by atoms with Gasteiger partial charge in [0, 0.05) is 17.8 Å².